The van der Waals surface area contributed by atoms with Crippen molar-refractivity contribution in [1.29, 1.82) is 0 Å². The number of unbranched alkanes of at least 4 members (excludes halogenated alkanes) is 9. The summed E-state index contributed by atoms with van der Waals surface area (Å²) in [6, 6.07) is 42.7. The van der Waals surface area contributed by atoms with Crippen molar-refractivity contribution in [2.75, 3.05) is 6.54 Å². The van der Waals surface area contributed by atoms with Gasteiger partial charge in [-0.3, -0.25) is 0 Å². The van der Waals surface area contributed by atoms with Gasteiger partial charge in [-0.2, -0.15) is 0 Å². The molecular weight excluding hydrogens is 677 g/mol. The van der Waals surface area contributed by atoms with Crippen molar-refractivity contribution in [3.63, 3.8) is 0 Å². The minimum atomic E-state index is 0.803. The maximum Gasteiger partial charge on any atom is 0.208 e. The van der Waals surface area contributed by atoms with Crippen LogP contribution in [-0.2, 0) is 19.3 Å². The molecule has 0 aliphatic carbocycles. The Morgan fingerprint density at radius 1 is 0.482 bits per heavy atom. The van der Waals surface area contributed by atoms with Gasteiger partial charge >= 0.3 is 0 Å². The van der Waals surface area contributed by atoms with Gasteiger partial charge in [0.2, 0.25) is 5.70 Å². The largest absolute Gasteiger partial charge is 0.208 e. The van der Waals surface area contributed by atoms with E-state index in [9.17, 15) is 0 Å². The highest BCUT2D eigenvalue weighted by Crippen LogP contribution is 2.37. The topological polar surface area (TPSA) is 15.4 Å². The Morgan fingerprint density at radius 2 is 0.946 bits per heavy atom. The van der Waals surface area contributed by atoms with Crippen LogP contribution in [0.5, 0.6) is 0 Å². The van der Waals surface area contributed by atoms with Crippen molar-refractivity contribution in [1.82, 2.24) is 0 Å². The second-order valence-electron chi connectivity index (χ2n) is 15.6. The van der Waals surface area contributed by atoms with Gasteiger partial charge in [0.15, 0.2) is 6.54 Å². The molecule has 56 heavy (non-hydrogen) atoms. The number of hydrogen-bond donors (Lipinski definition) is 0. The van der Waals surface area contributed by atoms with E-state index in [2.05, 4.69) is 161 Å². The van der Waals surface area contributed by atoms with Crippen molar-refractivity contribution in [2.45, 2.75) is 137 Å². The van der Waals surface area contributed by atoms with Crippen LogP contribution in [-0.4, -0.2) is 11.2 Å². The smallest absolute Gasteiger partial charge is 0.0882 e. The molecule has 0 fully saturated rings. The van der Waals surface area contributed by atoms with Crippen LogP contribution >= 0.6 is 0 Å². The third kappa shape index (κ3) is 12.2. The molecule has 5 aromatic rings. The summed E-state index contributed by atoms with van der Waals surface area (Å²) in [7, 11) is 0. The van der Waals surface area contributed by atoms with Gasteiger partial charge in [-0.1, -0.05) is 181 Å². The van der Waals surface area contributed by atoms with Crippen LogP contribution in [0, 0.1) is 0 Å². The predicted molar refractivity (Wildman–Crippen MR) is 244 cm³/mol. The summed E-state index contributed by atoms with van der Waals surface area (Å²) >= 11 is 0. The third-order valence-electron chi connectivity index (χ3n) is 11.3. The number of allylic oxidation sites excluding steroid dienone is 1. The summed E-state index contributed by atoms with van der Waals surface area (Å²) in [6.07, 6.45) is 21.9. The highest BCUT2D eigenvalue weighted by Gasteiger charge is 2.19. The monoisotopic (exact) mass is 746 g/mol. The van der Waals surface area contributed by atoms with E-state index in [-0.39, 0.29) is 0 Å². The molecule has 0 saturated heterocycles. The summed E-state index contributed by atoms with van der Waals surface area (Å²) in [6.45, 7) is 12.2. The summed E-state index contributed by atoms with van der Waals surface area (Å²) in [5.41, 5.74) is 15.9. The lowest BCUT2D eigenvalue weighted by Crippen LogP contribution is -2.08. The van der Waals surface area contributed by atoms with E-state index >= 15 is 0 Å². The number of azo groups is 2. The Morgan fingerprint density at radius 3 is 1.46 bits per heavy atom. The third-order valence-corrected chi connectivity index (χ3v) is 11.3. The quantitative estimate of drug-likeness (QED) is 0.0359. The average Bonchev–Trinajstić information content (AvgIpc) is 3.25. The first-order valence-corrected chi connectivity index (χ1v) is 22.3. The highest BCUT2D eigenvalue weighted by molar-refractivity contribution is 5.82. The zero-order chi connectivity index (χ0) is 39.4. The minimum absolute atomic E-state index is 0.803. The molecule has 0 aliphatic rings. The Hall–Kier alpha value is -4.56. The van der Waals surface area contributed by atoms with E-state index in [1.54, 1.807) is 5.56 Å². The Labute approximate surface area is 340 Å². The van der Waals surface area contributed by atoms with Gasteiger partial charge in [-0.15, -0.1) is 0 Å². The lowest BCUT2D eigenvalue weighted by atomic mass is 9.87. The maximum absolute atomic E-state index is 5.50. The molecule has 2 nitrogen and oxygen atoms in total. The van der Waals surface area contributed by atoms with Crippen LogP contribution in [0.15, 0.2) is 126 Å². The lowest BCUT2D eigenvalue weighted by Gasteiger charge is -2.18. The molecule has 0 aliphatic heterocycles. The Bertz CT molecular complexity index is 1890. The fourth-order valence-electron chi connectivity index (χ4n) is 8.17. The molecule has 0 amide bonds. The molecule has 0 aromatic heterocycles. The van der Waals surface area contributed by atoms with Crippen LogP contribution in [0.3, 0.4) is 0 Å². The molecule has 0 saturated carbocycles. The molecule has 0 radical (unpaired) electrons. The van der Waals surface area contributed by atoms with Crippen LogP contribution in [0.4, 0.5) is 5.69 Å². The number of hydrogen-bond acceptors (Lipinski definition) is 1. The van der Waals surface area contributed by atoms with Crippen molar-refractivity contribution < 1.29 is 4.70 Å². The molecule has 5 aromatic carbocycles. The van der Waals surface area contributed by atoms with Crippen molar-refractivity contribution >= 4 is 11.8 Å². The molecule has 0 heterocycles. The van der Waals surface area contributed by atoms with Gasteiger partial charge in [0, 0.05) is 12.5 Å². The van der Waals surface area contributed by atoms with E-state index in [0.29, 0.717) is 0 Å². The van der Waals surface area contributed by atoms with Gasteiger partial charge in [0.25, 0.3) is 0 Å². The van der Waals surface area contributed by atoms with Gasteiger partial charge in [0.1, 0.15) is 5.69 Å². The number of aryl methyl sites for hydroxylation is 1. The zero-order valence-corrected chi connectivity index (χ0v) is 35.5. The van der Waals surface area contributed by atoms with Crippen LogP contribution < -0.4 is 0 Å². The first kappa shape index (κ1) is 42.6. The van der Waals surface area contributed by atoms with E-state index in [1.165, 1.54) is 133 Å². The Kier molecular flexibility index (Phi) is 17.9. The molecule has 294 valence electrons. The van der Waals surface area contributed by atoms with E-state index in [0.717, 1.165) is 37.9 Å². The van der Waals surface area contributed by atoms with Crippen molar-refractivity contribution in [3.05, 3.63) is 143 Å². The molecule has 0 atom stereocenters. The zero-order valence-electron chi connectivity index (χ0n) is 35.5. The molecule has 0 N–H and O–H groups in total. The normalized spacial score (nSPS) is 12.0. The number of rotatable bonds is 23. The number of nitrogens with zero attached hydrogens (tertiary/aromatic N) is 2. The van der Waals surface area contributed by atoms with Gasteiger partial charge in [0.05, 0.1) is 0 Å². The van der Waals surface area contributed by atoms with E-state index in [4.69, 9.17) is 5.11 Å². The average molecular weight is 746 g/mol. The Balaban J connectivity index is 1.62. The van der Waals surface area contributed by atoms with Gasteiger partial charge in [-0.25, -0.2) is 0 Å². The summed E-state index contributed by atoms with van der Waals surface area (Å²) in [5.74, 6) is 0. The van der Waals surface area contributed by atoms with Gasteiger partial charge in [-0.05, 0) is 130 Å². The second kappa shape index (κ2) is 23.5. The van der Waals surface area contributed by atoms with Crippen molar-refractivity contribution in [2.24, 2.45) is 5.11 Å². The second-order valence-corrected chi connectivity index (χ2v) is 15.6. The predicted octanol–water partition coefficient (Wildman–Crippen LogP) is 16.6. The van der Waals surface area contributed by atoms with E-state index < -0.39 is 0 Å². The van der Waals surface area contributed by atoms with Gasteiger partial charge < -0.3 is 0 Å². The first-order chi connectivity index (χ1) is 27.6. The van der Waals surface area contributed by atoms with Crippen LogP contribution in [0.2, 0.25) is 0 Å². The van der Waals surface area contributed by atoms with Crippen molar-refractivity contribution in [3.8, 4) is 33.4 Å². The molecule has 2 heteroatoms. The fraction of sp³-hybridized carbons (Fsp3) is 0.407. The SMILES string of the molecule is CCCCCCCCc1cc(N=[N+](CC)C(=Cc2cc(-c3ccccc3)c(CCCC)c(-c3ccccc3)c2)CC)cc(-c2ccccc2)c1CCCCCC. The number of benzene rings is 5. The molecule has 5 rings (SSSR count). The standard InChI is InChI=1S/C54H69N2/c1-6-11-14-16-17-21-35-47-41-48(42-54(46-33-26-20-27-34-46)50(47)37-28-15-12-7-2)55-56(10-5)49(9-4)38-43-39-52(44-29-22-18-23-30-44)51(36-13-8-3)53(40-43)45-31-24-19-25-32-45/h18-20,22-27,29-34,38-42H,6-17,21,28,35-37H2,1-5H3/q+1. The summed E-state index contributed by atoms with van der Waals surface area (Å²) in [5, 5.41) is 5.50. The molecule has 0 spiro atoms. The van der Waals surface area contributed by atoms with Crippen LogP contribution in [0.25, 0.3) is 39.5 Å². The van der Waals surface area contributed by atoms with E-state index in [1.807, 2.05) is 0 Å². The molecule has 0 unspecified atom stereocenters. The first-order valence-electron chi connectivity index (χ1n) is 22.3. The van der Waals surface area contributed by atoms with Crippen LogP contribution in [0.1, 0.15) is 140 Å². The fourth-order valence-corrected chi connectivity index (χ4v) is 8.17. The maximum atomic E-state index is 5.50. The lowest BCUT2D eigenvalue weighted by molar-refractivity contribution is -0.539. The molecule has 0 bridgehead atoms. The minimum Gasteiger partial charge on any atom is -0.0882 e. The highest BCUT2D eigenvalue weighted by atomic mass is 15.3. The molecular formula is C54H69N2+. The summed E-state index contributed by atoms with van der Waals surface area (Å²) < 4.78 is 2.26. The summed E-state index contributed by atoms with van der Waals surface area (Å²) in [4.78, 5) is 0.